The van der Waals surface area contributed by atoms with Crippen LogP contribution in [0.3, 0.4) is 0 Å². The Balaban J connectivity index is 2.33. The van der Waals surface area contributed by atoms with Gasteiger partial charge in [0.15, 0.2) is 0 Å². The second-order valence-electron chi connectivity index (χ2n) is 4.41. The van der Waals surface area contributed by atoms with Gasteiger partial charge in [0.25, 0.3) is 0 Å². The lowest BCUT2D eigenvalue weighted by molar-refractivity contribution is 0.629. The summed E-state index contributed by atoms with van der Waals surface area (Å²) in [5.41, 5.74) is 2.60. The monoisotopic (exact) mass is 363 g/mol. The fraction of sp³-hybridized carbons (Fsp3) is 0.0667. The van der Waals surface area contributed by atoms with Crippen LogP contribution in [0.5, 0.6) is 0 Å². The van der Waals surface area contributed by atoms with Crippen LogP contribution in [-0.4, -0.2) is 9.55 Å². The molecule has 0 saturated heterocycles. The molecule has 3 aromatic rings. The van der Waals surface area contributed by atoms with Crippen molar-refractivity contribution in [2.45, 2.75) is 5.88 Å². The van der Waals surface area contributed by atoms with Crippen LogP contribution in [0, 0.1) is 17.1 Å². The molecule has 0 aliphatic rings. The number of nitriles is 1. The van der Waals surface area contributed by atoms with Gasteiger partial charge in [0, 0.05) is 10.5 Å². The van der Waals surface area contributed by atoms with E-state index in [2.05, 4.69) is 27.0 Å². The highest BCUT2D eigenvalue weighted by Crippen LogP contribution is 2.29. The molecular weight excluding hydrogens is 357 g/mol. The Labute approximate surface area is 133 Å². The van der Waals surface area contributed by atoms with Gasteiger partial charge in [-0.1, -0.05) is 0 Å². The third-order valence-corrected chi connectivity index (χ3v) is 4.00. The van der Waals surface area contributed by atoms with Gasteiger partial charge in [0.1, 0.15) is 11.6 Å². The Morgan fingerprint density at radius 3 is 2.76 bits per heavy atom. The van der Waals surface area contributed by atoms with Crippen LogP contribution in [0.4, 0.5) is 4.39 Å². The molecule has 0 radical (unpaired) electrons. The van der Waals surface area contributed by atoms with Crippen molar-refractivity contribution in [3.63, 3.8) is 0 Å². The molecule has 2 aromatic carbocycles. The molecule has 0 atom stereocenters. The van der Waals surface area contributed by atoms with Crippen LogP contribution >= 0.6 is 27.5 Å². The van der Waals surface area contributed by atoms with Crippen molar-refractivity contribution < 1.29 is 4.39 Å². The van der Waals surface area contributed by atoms with E-state index in [4.69, 9.17) is 16.9 Å². The molecule has 0 amide bonds. The molecule has 1 aromatic heterocycles. The zero-order valence-corrected chi connectivity index (χ0v) is 13.0. The van der Waals surface area contributed by atoms with Crippen LogP contribution in [0.2, 0.25) is 0 Å². The largest absolute Gasteiger partial charge is 0.294 e. The summed E-state index contributed by atoms with van der Waals surface area (Å²) in [4.78, 5) is 4.41. The summed E-state index contributed by atoms with van der Waals surface area (Å²) in [6.45, 7) is 0. The van der Waals surface area contributed by atoms with Crippen LogP contribution < -0.4 is 0 Å². The number of hydrogen-bond donors (Lipinski definition) is 0. The Kier molecular flexibility index (Phi) is 3.66. The zero-order valence-electron chi connectivity index (χ0n) is 10.6. The van der Waals surface area contributed by atoms with Gasteiger partial charge in [0.05, 0.1) is 34.2 Å². The standard InChI is InChI=1S/C15H8BrClFN3/c16-11-5-9(8-19)1-4-13(11)21-14-6-10(18)2-3-12(14)20-15(21)7-17/h1-6H,7H2. The second kappa shape index (κ2) is 5.47. The van der Waals surface area contributed by atoms with Gasteiger partial charge < -0.3 is 0 Å². The first-order valence-corrected chi connectivity index (χ1v) is 7.39. The summed E-state index contributed by atoms with van der Waals surface area (Å²) >= 11 is 9.40. The van der Waals surface area contributed by atoms with Crippen molar-refractivity contribution in [2.24, 2.45) is 0 Å². The Bertz CT molecular complexity index is 882. The van der Waals surface area contributed by atoms with E-state index < -0.39 is 0 Å². The number of hydrogen-bond acceptors (Lipinski definition) is 2. The van der Waals surface area contributed by atoms with Gasteiger partial charge in [-0.3, -0.25) is 4.57 Å². The number of fused-ring (bicyclic) bond motifs is 1. The highest BCUT2D eigenvalue weighted by atomic mass is 79.9. The van der Waals surface area contributed by atoms with Gasteiger partial charge in [-0.15, -0.1) is 11.6 Å². The summed E-state index contributed by atoms with van der Waals surface area (Å²) in [5.74, 6) is 0.472. The van der Waals surface area contributed by atoms with Crippen molar-refractivity contribution in [1.82, 2.24) is 9.55 Å². The Morgan fingerprint density at radius 1 is 1.29 bits per heavy atom. The fourth-order valence-corrected chi connectivity index (χ4v) is 2.95. The number of rotatable bonds is 2. The molecule has 0 N–H and O–H groups in total. The highest BCUT2D eigenvalue weighted by Gasteiger charge is 2.14. The summed E-state index contributed by atoms with van der Waals surface area (Å²) in [7, 11) is 0. The van der Waals surface area contributed by atoms with E-state index in [-0.39, 0.29) is 11.7 Å². The lowest BCUT2D eigenvalue weighted by atomic mass is 10.2. The summed E-state index contributed by atoms with van der Waals surface area (Å²) < 4.78 is 16.0. The summed E-state index contributed by atoms with van der Waals surface area (Å²) in [6.07, 6.45) is 0. The van der Waals surface area contributed by atoms with Gasteiger partial charge >= 0.3 is 0 Å². The van der Waals surface area contributed by atoms with E-state index in [1.165, 1.54) is 12.1 Å². The van der Waals surface area contributed by atoms with E-state index in [1.54, 1.807) is 28.8 Å². The zero-order chi connectivity index (χ0) is 15.0. The average molecular weight is 365 g/mol. The highest BCUT2D eigenvalue weighted by molar-refractivity contribution is 9.10. The molecule has 3 rings (SSSR count). The fourth-order valence-electron chi connectivity index (χ4n) is 2.21. The molecular formula is C15H8BrClFN3. The van der Waals surface area contributed by atoms with Gasteiger partial charge in [-0.05, 0) is 46.3 Å². The lowest BCUT2D eigenvalue weighted by Gasteiger charge is -2.10. The average Bonchev–Trinajstić information content (AvgIpc) is 2.84. The molecule has 0 saturated carbocycles. The molecule has 6 heteroatoms. The predicted molar refractivity (Wildman–Crippen MR) is 83.0 cm³/mol. The van der Waals surface area contributed by atoms with E-state index in [9.17, 15) is 4.39 Å². The number of benzene rings is 2. The van der Waals surface area contributed by atoms with Crippen molar-refractivity contribution in [3.05, 3.63) is 58.1 Å². The number of aromatic nitrogens is 2. The maximum absolute atomic E-state index is 13.5. The van der Waals surface area contributed by atoms with E-state index in [1.807, 2.05) is 0 Å². The first-order chi connectivity index (χ1) is 10.1. The third kappa shape index (κ3) is 2.41. The summed E-state index contributed by atoms with van der Waals surface area (Å²) in [6, 6.07) is 11.7. The van der Waals surface area contributed by atoms with Crippen LogP contribution in [0.15, 0.2) is 40.9 Å². The van der Waals surface area contributed by atoms with Crippen LogP contribution in [0.1, 0.15) is 11.4 Å². The minimum absolute atomic E-state index is 0.197. The molecule has 0 aliphatic heterocycles. The maximum atomic E-state index is 13.5. The van der Waals surface area contributed by atoms with E-state index >= 15 is 0 Å². The first kappa shape index (κ1) is 14.1. The quantitative estimate of drug-likeness (QED) is 0.627. The minimum atomic E-state index is -0.338. The van der Waals surface area contributed by atoms with E-state index in [0.29, 0.717) is 22.4 Å². The van der Waals surface area contributed by atoms with Gasteiger partial charge in [-0.2, -0.15) is 5.26 Å². The Morgan fingerprint density at radius 2 is 2.10 bits per heavy atom. The number of nitrogens with zero attached hydrogens (tertiary/aromatic N) is 3. The SMILES string of the molecule is N#Cc1ccc(-n2c(CCl)nc3ccc(F)cc32)c(Br)c1. The number of imidazole rings is 1. The molecule has 104 valence electrons. The van der Waals surface area contributed by atoms with Crippen molar-refractivity contribution in [3.8, 4) is 11.8 Å². The smallest absolute Gasteiger partial charge is 0.129 e. The summed E-state index contributed by atoms with van der Waals surface area (Å²) in [5, 5.41) is 8.93. The molecule has 1 heterocycles. The predicted octanol–water partition coefficient (Wildman–Crippen LogP) is 4.54. The maximum Gasteiger partial charge on any atom is 0.129 e. The molecule has 3 nitrogen and oxygen atoms in total. The minimum Gasteiger partial charge on any atom is -0.294 e. The van der Waals surface area contributed by atoms with Gasteiger partial charge in [0.2, 0.25) is 0 Å². The normalized spacial score (nSPS) is 10.8. The molecule has 0 bridgehead atoms. The Hall–Kier alpha value is -1.90. The second-order valence-corrected chi connectivity index (χ2v) is 5.53. The van der Waals surface area contributed by atoms with Crippen LogP contribution in [0.25, 0.3) is 16.7 Å². The molecule has 0 aliphatic carbocycles. The van der Waals surface area contributed by atoms with E-state index in [0.717, 1.165) is 10.2 Å². The molecule has 0 fully saturated rings. The van der Waals surface area contributed by atoms with Crippen LogP contribution in [-0.2, 0) is 5.88 Å². The van der Waals surface area contributed by atoms with Crippen molar-refractivity contribution in [1.29, 1.82) is 5.26 Å². The van der Waals surface area contributed by atoms with Crippen molar-refractivity contribution >= 4 is 38.6 Å². The number of halogens is 3. The molecule has 21 heavy (non-hydrogen) atoms. The third-order valence-electron chi connectivity index (χ3n) is 3.12. The lowest BCUT2D eigenvalue weighted by Crippen LogP contribution is -2.00. The van der Waals surface area contributed by atoms with Crippen molar-refractivity contribution in [2.75, 3.05) is 0 Å². The topological polar surface area (TPSA) is 41.6 Å². The molecule has 0 unspecified atom stereocenters. The first-order valence-electron chi connectivity index (χ1n) is 6.07. The van der Waals surface area contributed by atoms with Gasteiger partial charge in [-0.25, -0.2) is 9.37 Å². The molecule has 0 spiro atoms. The number of alkyl halides is 1.